The molecule has 2 rings (SSSR count). The van der Waals surface area contributed by atoms with Gasteiger partial charge in [0.05, 0.1) is 6.54 Å². The number of amides is 2. The summed E-state index contributed by atoms with van der Waals surface area (Å²) < 4.78 is 0. The second-order valence-corrected chi connectivity index (χ2v) is 5.28. The van der Waals surface area contributed by atoms with Crippen molar-refractivity contribution < 1.29 is 9.59 Å². The maximum atomic E-state index is 12.0. The molecule has 20 heavy (non-hydrogen) atoms. The fraction of sp³-hybridized carbons (Fsp3) is 0.533. The third-order valence-corrected chi connectivity index (χ3v) is 3.62. The Balaban J connectivity index is 1.88. The van der Waals surface area contributed by atoms with Crippen molar-refractivity contribution in [3.8, 4) is 0 Å². The van der Waals surface area contributed by atoms with Gasteiger partial charge in [0.1, 0.15) is 0 Å². The van der Waals surface area contributed by atoms with Gasteiger partial charge in [-0.2, -0.15) is 0 Å². The van der Waals surface area contributed by atoms with Crippen molar-refractivity contribution in [3.05, 3.63) is 30.1 Å². The Kier molecular flexibility index (Phi) is 5.09. The summed E-state index contributed by atoms with van der Waals surface area (Å²) >= 11 is 0. The summed E-state index contributed by atoms with van der Waals surface area (Å²) in [6.45, 7) is 2.05. The van der Waals surface area contributed by atoms with E-state index < -0.39 is 0 Å². The Morgan fingerprint density at radius 3 is 2.55 bits per heavy atom. The molecular formula is C15H21N3O2. The molecule has 0 spiro atoms. The van der Waals surface area contributed by atoms with Crippen LogP contribution >= 0.6 is 0 Å². The lowest BCUT2D eigenvalue weighted by atomic mass is 10.2. The van der Waals surface area contributed by atoms with E-state index in [1.54, 1.807) is 17.3 Å². The SMILES string of the molecule is CC(=O)N(CC(=O)NC1CCCC1)Cc1ccncc1. The summed E-state index contributed by atoms with van der Waals surface area (Å²) in [5.74, 6) is -0.162. The smallest absolute Gasteiger partial charge is 0.239 e. The van der Waals surface area contributed by atoms with Crippen LogP contribution in [0.3, 0.4) is 0 Å². The van der Waals surface area contributed by atoms with Gasteiger partial charge in [-0.3, -0.25) is 14.6 Å². The first-order chi connectivity index (χ1) is 9.65. The van der Waals surface area contributed by atoms with E-state index in [0.29, 0.717) is 6.54 Å². The van der Waals surface area contributed by atoms with Crippen LogP contribution in [0.25, 0.3) is 0 Å². The number of carbonyl (C=O) groups excluding carboxylic acids is 2. The molecule has 0 aromatic carbocycles. The summed E-state index contributed by atoms with van der Waals surface area (Å²) in [4.78, 5) is 29.1. The Labute approximate surface area is 119 Å². The number of nitrogens with zero attached hydrogens (tertiary/aromatic N) is 2. The number of carbonyl (C=O) groups is 2. The van der Waals surface area contributed by atoms with E-state index in [0.717, 1.165) is 18.4 Å². The highest BCUT2D eigenvalue weighted by Crippen LogP contribution is 2.17. The molecule has 0 bridgehead atoms. The van der Waals surface area contributed by atoms with Gasteiger partial charge in [0.25, 0.3) is 0 Å². The van der Waals surface area contributed by atoms with Gasteiger partial charge in [0.15, 0.2) is 0 Å². The summed E-state index contributed by atoms with van der Waals surface area (Å²) in [7, 11) is 0. The normalized spacial score (nSPS) is 15.1. The van der Waals surface area contributed by atoms with E-state index in [1.165, 1.54) is 19.8 Å². The number of pyridine rings is 1. The van der Waals surface area contributed by atoms with Crippen LogP contribution in [-0.4, -0.2) is 34.3 Å². The minimum absolute atomic E-state index is 0.0684. The summed E-state index contributed by atoms with van der Waals surface area (Å²) in [6.07, 6.45) is 7.83. The van der Waals surface area contributed by atoms with Gasteiger partial charge in [-0.25, -0.2) is 0 Å². The molecule has 2 amide bonds. The highest BCUT2D eigenvalue weighted by atomic mass is 16.2. The van der Waals surface area contributed by atoms with Gasteiger partial charge >= 0.3 is 0 Å². The molecule has 108 valence electrons. The zero-order valence-electron chi connectivity index (χ0n) is 11.8. The Morgan fingerprint density at radius 1 is 1.30 bits per heavy atom. The highest BCUT2D eigenvalue weighted by molar-refractivity contribution is 5.83. The predicted molar refractivity (Wildman–Crippen MR) is 75.7 cm³/mol. The predicted octanol–water partition coefficient (Wildman–Crippen LogP) is 1.49. The molecule has 1 aliphatic rings. The molecule has 0 atom stereocenters. The lowest BCUT2D eigenvalue weighted by Gasteiger charge is -2.22. The second kappa shape index (κ2) is 7.03. The lowest BCUT2D eigenvalue weighted by Crippen LogP contribution is -2.42. The molecule has 1 saturated carbocycles. The summed E-state index contributed by atoms with van der Waals surface area (Å²) in [6, 6.07) is 3.99. The highest BCUT2D eigenvalue weighted by Gasteiger charge is 2.19. The standard InChI is InChI=1S/C15H21N3O2/c1-12(19)18(10-13-6-8-16-9-7-13)11-15(20)17-14-4-2-3-5-14/h6-9,14H,2-5,10-11H2,1H3,(H,17,20). The Hall–Kier alpha value is -1.91. The molecule has 1 N–H and O–H groups in total. The molecule has 1 aromatic heterocycles. The lowest BCUT2D eigenvalue weighted by molar-refractivity contribution is -0.135. The molecule has 0 unspecified atom stereocenters. The van der Waals surface area contributed by atoms with Crippen LogP contribution in [0.5, 0.6) is 0 Å². The second-order valence-electron chi connectivity index (χ2n) is 5.28. The van der Waals surface area contributed by atoms with Crippen molar-refractivity contribution in [2.24, 2.45) is 0 Å². The Morgan fingerprint density at radius 2 is 1.95 bits per heavy atom. The molecule has 1 fully saturated rings. The molecule has 1 heterocycles. The van der Waals surface area contributed by atoms with Crippen LogP contribution in [0.4, 0.5) is 0 Å². The van der Waals surface area contributed by atoms with Crippen molar-refractivity contribution >= 4 is 11.8 Å². The van der Waals surface area contributed by atoms with E-state index in [9.17, 15) is 9.59 Å². The topological polar surface area (TPSA) is 62.3 Å². The quantitative estimate of drug-likeness (QED) is 0.885. The summed E-state index contributed by atoms with van der Waals surface area (Å²) in [5.41, 5.74) is 0.976. The third kappa shape index (κ3) is 4.33. The zero-order chi connectivity index (χ0) is 14.4. The van der Waals surface area contributed by atoms with E-state index >= 15 is 0 Å². The van der Waals surface area contributed by atoms with Crippen molar-refractivity contribution in [2.45, 2.75) is 45.2 Å². The van der Waals surface area contributed by atoms with Crippen LogP contribution < -0.4 is 5.32 Å². The van der Waals surface area contributed by atoms with Gasteiger partial charge in [-0.1, -0.05) is 12.8 Å². The fourth-order valence-corrected chi connectivity index (χ4v) is 2.50. The molecule has 5 nitrogen and oxygen atoms in total. The van der Waals surface area contributed by atoms with Crippen molar-refractivity contribution in [2.75, 3.05) is 6.54 Å². The van der Waals surface area contributed by atoms with Crippen molar-refractivity contribution in [1.29, 1.82) is 0 Å². The largest absolute Gasteiger partial charge is 0.352 e. The molecule has 1 aromatic rings. The van der Waals surface area contributed by atoms with E-state index in [2.05, 4.69) is 10.3 Å². The average molecular weight is 275 g/mol. The molecular weight excluding hydrogens is 254 g/mol. The first kappa shape index (κ1) is 14.5. The maximum absolute atomic E-state index is 12.0. The first-order valence-corrected chi connectivity index (χ1v) is 7.09. The zero-order valence-corrected chi connectivity index (χ0v) is 11.8. The van der Waals surface area contributed by atoms with Gasteiger partial charge in [-0.05, 0) is 30.5 Å². The third-order valence-electron chi connectivity index (χ3n) is 3.62. The van der Waals surface area contributed by atoms with Gasteiger partial charge < -0.3 is 10.2 Å². The van der Waals surface area contributed by atoms with Crippen LogP contribution in [0, 0.1) is 0 Å². The van der Waals surface area contributed by atoms with Gasteiger partial charge in [0.2, 0.25) is 11.8 Å². The molecule has 0 radical (unpaired) electrons. The van der Waals surface area contributed by atoms with E-state index in [-0.39, 0.29) is 24.4 Å². The van der Waals surface area contributed by atoms with E-state index in [1.807, 2.05) is 12.1 Å². The number of hydrogen-bond donors (Lipinski definition) is 1. The molecule has 1 aliphatic carbocycles. The maximum Gasteiger partial charge on any atom is 0.239 e. The minimum atomic E-state index is -0.0941. The summed E-state index contributed by atoms with van der Waals surface area (Å²) in [5, 5.41) is 3.00. The number of nitrogens with one attached hydrogen (secondary N) is 1. The molecule has 0 saturated heterocycles. The van der Waals surface area contributed by atoms with Crippen molar-refractivity contribution in [1.82, 2.24) is 15.2 Å². The minimum Gasteiger partial charge on any atom is -0.352 e. The van der Waals surface area contributed by atoms with Crippen LogP contribution in [0.15, 0.2) is 24.5 Å². The first-order valence-electron chi connectivity index (χ1n) is 7.09. The average Bonchev–Trinajstić information content (AvgIpc) is 2.92. The Bertz CT molecular complexity index is 455. The van der Waals surface area contributed by atoms with E-state index in [4.69, 9.17) is 0 Å². The number of hydrogen-bond acceptors (Lipinski definition) is 3. The van der Waals surface area contributed by atoms with Gasteiger partial charge in [-0.15, -0.1) is 0 Å². The van der Waals surface area contributed by atoms with Crippen LogP contribution in [0.2, 0.25) is 0 Å². The van der Waals surface area contributed by atoms with Crippen LogP contribution in [-0.2, 0) is 16.1 Å². The monoisotopic (exact) mass is 275 g/mol. The number of rotatable bonds is 5. The number of aromatic nitrogens is 1. The van der Waals surface area contributed by atoms with Crippen molar-refractivity contribution in [3.63, 3.8) is 0 Å². The fourth-order valence-electron chi connectivity index (χ4n) is 2.50. The van der Waals surface area contributed by atoms with Gasteiger partial charge in [0, 0.05) is 31.9 Å². The van der Waals surface area contributed by atoms with Crippen LogP contribution in [0.1, 0.15) is 38.2 Å². The molecule has 0 aliphatic heterocycles. The molecule has 5 heteroatoms.